The van der Waals surface area contributed by atoms with Crippen molar-refractivity contribution in [3.8, 4) is 5.75 Å². The van der Waals surface area contributed by atoms with Crippen molar-refractivity contribution in [1.82, 2.24) is 15.2 Å². The van der Waals surface area contributed by atoms with Crippen molar-refractivity contribution in [3.63, 3.8) is 0 Å². The average Bonchev–Trinajstić information content (AvgIpc) is 2.93. The van der Waals surface area contributed by atoms with Crippen molar-refractivity contribution < 1.29 is 4.74 Å². The monoisotopic (exact) mass is 253 g/mol. The van der Waals surface area contributed by atoms with Crippen LogP contribution in [0.3, 0.4) is 0 Å². The van der Waals surface area contributed by atoms with Crippen LogP contribution in [-0.2, 0) is 13.0 Å². The Morgan fingerprint density at radius 1 is 1.11 bits per heavy atom. The van der Waals surface area contributed by atoms with E-state index in [9.17, 15) is 0 Å². The standard InChI is InChI=1S/C15H15N3O/c1-2-14-16-15(18-17-14)10-19-13-8-7-11-5-3-4-6-12(11)9-13/h3-9H,2,10H2,1H3,(H,16,17,18). The molecule has 0 atom stereocenters. The largest absolute Gasteiger partial charge is 0.486 e. The third-order valence-corrected chi connectivity index (χ3v) is 2.99. The van der Waals surface area contributed by atoms with Crippen LogP contribution in [0.15, 0.2) is 42.5 Å². The first kappa shape index (κ1) is 11.7. The topological polar surface area (TPSA) is 50.8 Å². The number of nitrogens with one attached hydrogen (secondary N) is 1. The quantitative estimate of drug-likeness (QED) is 0.777. The minimum absolute atomic E-state index is 0.408. The van der Waals surface area contributed by atoms with E-state index >= 15 is 0 Å². The zero-order valence-corrected chi connectivity index (χ0v) is 10.8. The Balaban J connectivity index is 1.74. The second kappa shape index (κ2) is 5.10. The summed E-state index contributed by atoms with van der Waals surface area (Å²) in [4.78, 5) is 4.31. The number of fused-ring (bicyclic) bond motifs is 1. The van der Waals surface area contributed by atoms with E-state index in [1.807, 2.05) is 31.2 Å². The molecule has 0 spiro atoms. The van der Waals surface area contributed by atoms with E-state index in [2.05, 4.69) is 33.4 Å². The Morgan fingerprint density at radius 2 is 1.95 bits per heavy atom. The molecule has 4 nitrogen and oxygen atoms in total. The summed E-state index contributed by atoms with van der Waals surface area (Å²) in [6, 6.07) is 14.3. The van der Waals surface area contributed by atoms with Gasteiger partial charge in [-0.15, -0.1) is 0 Å². The van der Waals surface area contributed by atoms with Crippen molar-refractivity contribution in [1.29, 1.82) is 0 Å². The number of hydrogen-bond acceptors (Lipinski definition) is 3. The Hall–Kier alpha value is -2.36. The van der Waals surface area contributed by atoms with E-state index in [0.29, 0.717) is 6.61 Å². The minimum atomic E-state index is 0.408. The fourth-order valence-corrected chi connectivity index (χ4v) is 1.97. The smallest absolute Gasteiger partial charge is 0.162 e. The highest BCUT2D eigenvalue weighted by atomic mass is 16.5. The van der Waals surface area contributed by atoms with Gasteiger partial charge in [0.05, 0.1) is 0 Å². The molecular formula is C15H15N3O. The highest BCUT2D eigenvalue weighted by Crippen LogP contribution is 2.21. The summed E-state index contributed by atoms with van der Waals surface area (Å²) in [7, 11) is 0. The molecule has 1 N–H and O–H groups in total. The summed E-state index contributed by atoms with van der Waals surface area (Å²) in [5.74, 6) is 2.41. The van der Waals surface area contributed by atoms with E-state index in [1.54, 1.807) is 0 Å². The highest BCUT2D eigenvalue weighted by molar-refractivity contribution is 5.83. The Bertz CT molecular complexity index is 690. The predicted octanol–water partition coefficient (Wildman–Crippen LogP) is 3.10. The van der Waals surface area contributed by atoms with E-state index in [-0.39, 0.29) is 0 Å². The molecule has 0 saturated carbocycles. The maximum atomic E-state index is 5.72. The van der Waals surface area contributed by atoms with E-state index in [1.165, 1.54) is 10.8 Å². The average molecular weight is 253 g/mol. The molecule has 1 heterocycles. The summed E-state index contributed by atoms with van der Waals surface area (Å²) in [6.45, 7) is 2.43. The summed E-state index contributed by atoms with van der Waals surface area (Å²) in [5.41, 5.74) is 0. The molecule has 1 aromatic heterocycles. The lowest BCUT2D eigenvalue weighted by Gasteiger charge is -2.05. The molecule has 0 aliphatic rings. The van der Waals surface area contributed by atoms with Crippen LogP contribution < -0.4 is 4.74 Å². The van der Waals surface area contributed by atoms with Crippen LogP contribution >= 0.6 is 0 Å². The van der Waals surface area contributed by atoms with Crippen molar-refractivity contribution >= 4 is 10.8 Å². The fourth-order valence-electron chi connectivity index (χ4n) is 1.97. The van der Waals surface area contributed by atoms with E-state index in [0.717, 1.165) is 23.8 Å². The second-order valence-corrected chi connectivity index (χ2v) is 4.35. The molecule has 0 amide bonds. The molecule has 96 valence electrons. The van der Waals surface area contributed by atoms with Gasteiger partial charge in [-0.05, 0) is 22.9 Å². The number of benzene rings is 2. The molecular weight excluding hydrogens is 238 g/mol. The Morgan fingerprint density at radius 3 is 2.74 bits per heavy atom. The molecule has 3 rings (SSSR count). The van der Waals surface area contributed by atoms with Gasteiger partial charge in [0.25, 0.3) is 0 Å². The van der Waals surface area contributed by atoms with Gasteiger partial charge >= 0.3 is 0 Å². The van der Waals surface area contributed by atoms with E-state index in [4.69, 9.17) is 4.74 Å². The van der Waals surface area contributed by atoms with Crippen LogP contribution in [0.4, 0.5) is 0 Å². The van der Waals surface area contributed by atoms with Gasteiger partial charge in [-0.1, -0.05) is 37.3 Å². The number of nitrogens with zero attached hydrogens (tertiary/aromatic N) is 2. The maximum absolute atomic E-state index is 5.72. The molecule has 0 bridgehead atoms. The normalized spacial score (nSPS) is 10.8. The summed E-state index contributed by atoms with van der Waals surface area (Å²) >= 11 is 0. The number of rotatable bonds is 4. The van der Waals surface area contributed by atoms with Crippen LogP contribution in [0.25, 0.3) is 10.8 Å². The summed E-state index contributed by atoms with van der Waals surface area (Å²) in [5, 5.41) is 9.34. The highest BCUT2D eigenvalue weighted by Gasteiger charge is 2.02. The van der Waals surface area contributed by atoms with Gasteiger partial charge in [0, 0.05) is 6.42 Å². The number of aromatic amines is 1. The first-order valence-corrected chi connectivity index (χ1v) is 6.37. The molecule has 0 fully saturated rings. The summed E-state index contributed by atoms with van der Waals surface area (Å²) < 4.78 is 5.72. The predicted molar refractivity (Wildman–Crippen MR) is 74.0 cm³/mol. The lowest BCUT2D eigenvalue weighted by molar-refractivity contribution is 0.296. The van der Waals surface area contributed by atoms with Gasteiger partial charge in [-0.25, -0.2) is 4.98 Å². The van der Waals surface area contributed by atoms with Crippen LogP contribution in [0.2, 0.25) is 0 Å². The molecule has 0 aliphatic heterocycles. The van der Waals surface area contributed by atoms with Gasteiger partial charge in [0.2, 0.25) is 0 Å². The molecule has 2 aromatic carbocycles. The number of hydrogen-bond donors (Lipinski definition) is 1. The van der Waals surface area contributed by atoms with Crippen LogP contribution in [0.1, 0.15) is 18.6 Å². The molecule has 19 heavy (non-hydrogen) atoms. The number of aromatic nitrogens is 3. The molecule has 0 unspecified atom stereocenters. The molecule has 0 aliphatic carbocycles. The Kier molecular flexibility index (Phi) is 3.14. The molecule has 0 radical (unpaired) electrons. The van der Waals surface area contributed by atoms with Crippen LogP contribution in [0, 0.1) is 0 Å². The second-order valence-electron chi connectivity index (χ2n) is 4.35. The first-order valence-electron chi connectivity index (χ1n) is 6.37. The van der Waals surface area contributed by atoms with Crippen molar-refractivity contribution in [3.05, 3.63) is 54.1 Å². The number of H-pyrrole nitrogens is 1. The van der Waals surface area contributed by atoms with Crippen LogP contribution in [0.5, 0.6) is 5.75 Å². The zero-order valence-electron chi connectivity index (χ0n) is 10.8. The molecule has 3 aromatic rings. The minimum Gasteiger partial charge on any atom is -0.486 e. The van der Waals surface area contributed by atoms with Crippen LogP contribution in [-0.4, -0.2) is 15.2 Å². The Labute approximate surface area is 111 Å². The van der Waals surface area contributed by atoms with Gasteiger partial charge < -0.3 is 4.74 Å². The van der Waals surface area contributed by atoms with Crippen molar-refractivity contribution in [2.75, 3.05) is 0 Å². The zero-order chi connectivity index (χ0) is 13.1. The van der Waals surface area contributed by atoms with Gasteiger partial charge in [0.15, 0.2) is 11.6 Å². The number of aryl methyl sites for hydroxylation is 1. The summed E-state index contributed by atoms with van der Waals surface area (Å²) in [6.07, 6.45) is 0.826. The van der Waals surface area contributed by atoms with Crippen molar-refractivity contribution in [2.24, 2.45) is 0 Å². The van der Waals surface area contributed by atoms with Gasteiger partial charge in [-0.3, -0.25) is 5.10 Å². The first-order chi connectivity index (χ1) is 9.35. The van der Waals surface area contributed by atoms with Crippen molar-refractivity contribution in [2.45, 2.75) is 20.0 Å². The molecule has 4 heteroatoms. The SMILES string of the molecule is CCc1n[nH]c(COc2ccc3ccccc3c2)n1. The third-order valence-electron chi connectivity index (χ3n) is 2.99. The van der Waals surface area contributed by atoms with Gasteiger partial charge in [-0.2, -0.15) is 5.10 Å². The fraction of sp³-hybridized carbons (Fsp3) is 0.200. The maximum Gasteiger partial charge on any atom is 0.162 e. The van der Waals surface area contributed by atoms with E-state index < -0.39 is 0 Å². The van der Waals surface area contributed by atoms with Gasteiger partial charge in [0.1, 0.15) is 12.4 Å². The lowest BCUT2D eigenvalue weighted by atomic mass is 10.1. The lowest BCUT2D eigenvalue weighted by Crippen LogP contribution is -1.97. The third kappa shape index (κ3) is 2.57. The number of ether oxygens (including phenoxy) is 1. The molecule has 0 saturated heterocycles.